The van der Waals surface area contributed by atoms with Crippen molar-refractivity contribution < 1.29 is 4.79 Å². The standard InChI is InChI=1S/C16H15NOS/c1-13-4-6-14(7-5-13)10-11-17-16(18)9-8-15-3-2-12-19-15/h2-7,12H,10-11H2,1H3,(H,17,18). The Morgan fingerprint density at radius 3 is 2.74 bits per heavy atom. The molecule has 0 saturated heterocycles. The molecule has 1 amide bonds. The first-order valence-corrected chi connectivity index (χ1v) is 7.01. The summed E-state index contributed by atoms with van der Waals surface area (Å²) in [5.74, 6) is 5.21. The van der Waals surface area contributed by atoms with Crippen LogP contribution in [0.3, 0.4) is 0 Å². The fourth-order valence-corrected chi connectivity index (χ4v) is 2.16. The van der Waals surface area contributed by atoms with Gasteiger partial charge in [-0.3, -0.25) is 4.79 Å². The van der Waals surface area contributed by atoms with Gasteiger partial charge >= 0.3 is 0 Å². The minimum Gasteiger partial charge on any atom is -0.345 e. The summed E-state index contributed by atoms with van der Waals surface area (Å²) < 4.78 is 0. The van der Waals surface area contributed by atoms with Crippen LogP contribution < -0.4 is 5.32 Å². The molecule has 0 bridgehead atoms. The predicted molar refractivity (Wildman–Crippen MR) is 79.1 cm³/mol. The monoisotopic (exact) mass is 269 g/mol. The van der Waals surface area contributed by atoms with E-state index in [0.29, 0.717) is 6.54 Å². The molecular weight excluding hydrogens is 254 g/mol. The van der Waals surface area contributed by atoms with Crippen molar-refractivity contribution in [2.45, 2.75) is 13.3 Å². The molecule has 2 nitrogen and oxygen atoms in total. The molecule has 1 heterocycles. The molecule has 0 unspecified atom stereocenters. The number of hydrogen-bond donors (Lipinski definition) is 1. The van der Waals surface area contributed by atoms with Crippen LogP contribution in [0.15, 0.2) is 41.8 Å². The number of nitrogens with one attached hydrogen (secondary N) is 1. The van der Waals surface area contributed by atoms with Crippen LogP contribution in [0.4, 0.5) is 0 Å². The van der Waals surface area contributed by atoms with Gasteiger partial charge in [-0.25, -0.2) is 0 Å². The minimum absolute atomic E-state index is 0.222. The van der Waals surface area contributed by atoms with E-state index in [4.69, 9.17) is 0 Å². The van der Waals surface area contributed by atoms with Gasteiger partial charge in [-0.05, 0) is 36.3 Å². The van der Waals surface area contributed by atoms with E-state index >= 15 is 0 Å². The zero-order valence-electron chi connectivity index (χ0n) is 10.8. The van der Waals surface area contributed by atoms with Gasteiger partial charge in [0.15, 0.2) is 0 Å². The van der Waals surface area contributed by atoms with E-state index < -0.39 is 0 Å². The van der Waals surface area contributed by atoms with Crippen molar-refractivity contribution in [3.63, 3.8) is 0 Å². The highest BCUT2D eigenvalue weighted by Gasteiger charge is 1.96. The summed E-state index contributed by atoms with van der Waals surface area (Å²) in [6.45, 7) is 2.67. The molecule has 0 aliphatic rings. The van der Waals surface area contributed by atoms with E-state index in [1.807, 2.05) is 17.5 Å². The lowest BCUT2D eigenvalue weighted by Gasteiger charge is -2.02. The van der Waals surface area contributed by atoms with E-state index in [1.165, 1.54) is 22.5 Å². The topological polar surface area (TPSA) is 29.1 Å². The molecule has 1 N–H and O–H groups in total. The van der Waals surface area contributed by atoms with Gasteiger partial charge in [0.1, 0.15) is 0 Å². The van der Waals surface area contributed by atoms with Crippen molar-refractivity contribution >= 4 is 17.2 Å². The molecule has 0 atom stereocenters. The first-order valence-electron chi connectivity index (χ1n) is 6.13. The lowest BCUT2D eigenvalue weighted by Crippen LogP contribution is -2.23. The molecule has 0 spiro atoms. The van der Waals surface area contributed by atoms with Crippen molar-refractivity contribution in [1.82, 2.24) is 5.32 Å². The molecular formula is C16H15NOS. The molecule has 0 fully saturated rings. The number of rotatable bonds is 3. The Kier molecular flexibility index (Phi) is 4.77. The van der Waals surface area contributed by atoms with Crippen LogP contribution in [0, 0.1) is 18.8 Å². The van der Waals surface area contributed by atoms with Crippen molar-refractivity contribution in [3.8, 4) is 11.8 Å². The Morgan fingerprint density at radius 1 is 1.26 bits per heavy atom. The minimum atomic E-state index is -0.222. The third kappa shape index (κ3) is 4.61. The van der Waals surface area contributed by atoms with Gasteiger partial charge in [0.05, 0.1) is 4.88 Å². The van der Waals surface area contributed by atoms with E-state index in [0.717, 1.165) is 11.3 Å². The van der Waals surface area contributed by atoms with Crippen LogP contribution in [0.5, 0.6) is 0 Å². The van der Waals surface area contributed by atoms with Crippen LogP contribution in [0.2, 0.25) is 0 Å². The van der Waals surface area contributed by atoms with Crippen LogP contribution >= 0.6 is 11.3 Å². The summed E-state index contributed by atoms with van der Waals surface area (Å²) in [5.41, 5.74) is 2.46. The summed E-state index contributed by atoms with van der Waals surface area (Å²) in [6, 6.07) is 12.1. The van der Waals surface area contributed by atoms with Gasteiger partial charge in [-0.1, -0.05) is 35.9 Å². The third-order valence-electron chi connectivity index (χ3n) is 2.64. The lowest BCUT2D eigenvalue weighted by atomic mass is 10.1. The number of benzene rings is 1. The highest BCUT2D eigenvalue weighted by molar-refractivity contribution is 7.10. The second-order valence-electron chi connectivity index (χ2n) is 4.22. The average Bonchev–Trinajstić information content (AvgIpc) is 2.92. The first kappa shape index (κ1) is 13.4. The van der Waals surface area contributed by atoms with Crippen molar-refractivity contribution in [1.29, 1.82) is 0 Å². The largest absolute Gasteiger partial charge is 0.345 e. The summed E-state index contributed by atoms with van der Waals surface area (Å²) in [4.78, 5) is 12.4. The number of aryl methyl sites for hydroxylation is 1. The molecule has 3 heteroatoms. The molecule has 96 valence electrons. The maximum absolute atomic E-state index is 11.5. The van der Waals surface area contributed by atoms with Crippen molar-refractivity contribution in [3.05, 3.63) is 57.8 Å². The fourth-order valence-electron chi connectivity index (χ4n) is 1.59. The molecule has 1 aromatic heterocycles. The van der Waals surface area contributed by atoms with Crippen LogP contribution in [0.1, 0.15) is 16.0 Å². The lowest BCUT2D eigenvalue weighted by molar-refractivity contribution is -0.115. The Labute approximate surface area is 117 Å². The Hall–Kier alpha value is -2.05. The van der Waals surface area contributed by atoms with Gasteiger partial charge < -0.3 is 5.32 Å². The second kappa shape index (κ2) is 6.77. The van der Waals surface area contributed by atoms with Gasteiger partial charge in [0, 0.05) is 12.5 Å². The smallest absolute Gasteiger partial charge is 0.296 e. The Balaban J connectivity index is 1.76. The summed E-state index contributed by atoms with van der Waals surface area (Å²) in [7, 11) is 0. The summed E-state index contributed by atoms with van der Waals surface area (Å²) in [5, 5.41) is 4.74. The molecule has 0 aliphatic heterocycles. The average molecular weight is 269 g/mol. The summed E-state index contributed by atoms with van der Waals surface area (Å²) in [6.07, 6.45) is 0.826. The van der Waals surface area contributed by atoms with Crippen molar-refractivity contribution in [2.75, 3.05) is 6.54 Å². The molecule has 0 radical (unpaired) electrons. The molecule has 0 aliphatic carbocycles. The molecule has 0 saturated carbocycles. The Bertz CT molecular complexity index is 588. The highest BCUT2D eigenvalue weighted by atomic mass is 32.1. The zero-order valence-corrected chi connectivity index (χ0v) is 11.6. The normalized spacial score (nSPS) is 9.53. The summed E-state index contributed by atoms with van der Waals surface area (Å²) >= 11 is 1.53. The first-order chi connectivity index (χ1) is 9.24. The van der Waals surface area contributed by atoms with E-state index in [2.05, 4.69) is 48.3 Å². The Morgan fingerprint density at radius 2 is 2.05 bits per heavy atom. The number of carbonyl (C=O) groups excluding carboxylic acids is 1. The SMILES string of the molecule is Cc1ccc(CCNC(=O)C#Cc2cccs2)cc1. The van der Waals surface area contributed by atoms with Gasteiger partial charge in [0.25, 0.3) is 5.91 Å². The maximum atomic E-state index is 11.5. The van der Waals surface area contributed by atoms with Crippen molar-refractivity contribution in [2.24, 2.45) is 0 Å². The molecule has 19 heavy (non-hydrogen) atoms. The van der Waals surface area contributed by atoms with Crippen LogP contribution in [-0.4, -0.2) is 12.5 Å². The number of thiophene rings is 1. The van der Waals surface area contributed by atoms with E-state index in [9.17, 15) is 4.79 Å². The van der Waals surface area contributed by atoms with Gasteiger partial charge in [-0.15, -0.1) is 11.3 Å². The van der Waals surface area contributed by atoms with Crippen LogP contribution in [0.25, 0.3) is 0 Å². The predicted octanol–water partition coefficient (Wildman–Crippen LogP) is 2.77. The maximum Gasteiger partial charge on any atom is 0.296 e. The molecule has 2 rings (SSSR count). The van der Waals surface area contributed by atoms with Crippen LogP contribution in [-0.2, 0) is 11.2 Å². The van der Waals surface area contributed by atoms with Gasteiger partial charge in [0.2, 0.25) is 0 Å². The molecule has 2 aromatic rings. The number of amides is 1. The quantitative estimate of drug-likeness (QED) is 0.853. The fraction of sp³-hybridized carbons (Fsp3) is 0.188. The second-order valence-corrected chi connectivity index (χ2v) is 5.17. The highest BCUT2D eigenvalue weighted by Crippen LogP contribution is 2.05. The number of hydrogen-bond acceptors (Lipinski definition) is 2. The van der Waals surface area contributed by atoms with Gasteiger partial charge in [-0.2, -0.15) is 0 Å². The number of carbonyl (C=O) groups is 1. The zero-order chi connectivity index (χ0) is 13.5. The molecule has 1 aromatic carbocycles. The van der Waals surface area contributed by atoms with E-state index in [-0.39, 0.29) is 5.91 Å². The van der Waals surface area contributed by atoms with E-state index in [1.54, 1.807) is 0 Å². The third-order valence-corrected chi connectivity index (χ3v) is 3.43.